The van der Waals surface area contributed by atoms with E-state index in [1.165, 1.54) is 43.4 Å². The average Bonchev–Trinajstić information content (AvgIpc) is 2.92. The first-order valence-electron chi connectivity index (χ1n) is 7.19. The van der Waals surface area contributed by atoms with Crippen LogP contribution < -0.4 is 11.1 Å². The number of carbonyl (C=O) groups excluding carboxylic acids is 1. The Hall–Kier alpha value is -1.31. The molecule has 3 nitrogen and oxygen atoms in total. The zero-order chi connectivity index (χ0) is 14.4. The van der Waals surface area contributed by atoms with Crippen LogP contribution in [0.4, 0.5) is 0 Å². The highest BCUT2D eigenvalue weighted by atomic mass is 32.1. The Morgan fingerprint density at radius 3 is 2.90 bits per heavy atom. The van der Waals surface area contributed by atoms with E-state index in [2.05, 4.69) is 24.1 Å². The summed E-state index contributed by atoms with van der Waals surface area (Å²) >= 11 is 1.44. The van der Waals surface area contributed by atoms with E-state index in [1.54, 1.807) is 0 Å². The number of hydrogen-bond donors (Lipinski definition) is 2. The van der Waals surface area contributed by atoms with Gasteiger partial charge in [-0.1, -0.05) is 38.0 Å². The molecule has 1 aromatic rings. The second kappa shape index (κ2) is 6.92. The molecule has 3 N–H and O–H groups in total. The van der Waals surface area contributed by atoms with Crippen LogP contribution in [0.5, 0.6) is 0 Å². The summed E-state index contributed by atoms with van der Waals surface area (Å²) in [4.78, 5) is 13.0. The Morgan fingerprint density at radius 2 is 2.20 bits per heavy atom. The van der Waals surface area contributed by atoms with E-state index in [4.69, 9.17) is 5.73 Å². The van der Waals surface area contributed by atoms with Crippen LogP contribution in [0.3, 0.4) is 0 Å². The summed E-state index contributed by atoms with van der Waals surface area (Å²) in [5, 5.41) is 4.99. The third-order valence-electron chi connectivity index (χ3n) is 3.93. The third kappa shape index (κ3) is 3.84. The molecular weight excluding hydrogens is 268 g/mol. The molecule has 1 aromatic heterocycles. The maximum absolute atomic E-state index is 12.3. The van der Waals surface area contributed by atoms with Gasteiger partial charge in [0.15, 0.2) is 0 Å². The quantitative estimate of drug-likeness (QED) is 0.841. The Kier molecular flexibility index (Phi) is 5.22. The molecule has 2 rings (SSSR count). The van der Waals surface area contributed by atoms with E-state index >= 15 is 0 Å². The Morgan fingerprint density at radius 1 is 1.45 bits per heavy atom. The van der Waals surface area contributed by atoms with Gasteiger partial charge in [0.05, 0.1) is 6.54 Å². The molecule has 1 aliphatic carbocycles. The normalized spacial score (nSPS) is 17.1. The van der Waals surface area contributed by atoms with E-state index in [0.717, 1.165) is 12.1 Å². The fourth-order valence-electron chi connectivity index (χ4n) is 2.69. The van der Waals surface area contributed by atoms with Crippen LogP contribution in [-0.2, 0) is 0 Å². The lowest BCUT2D eigenvalue weighted by atomic mass is 9.76. The smallest absolute Gasteiger partial charge is 0.262 e. The van der Waals surface area contributed by atoms with Crippen molar-refractivity contribution < 1.29 is 4.79 Å². The third-order valence-corrected chi connectivity index (χ3v) is 4.85. The van der Waals surface area contributed by atoms with E-state index in [9.17, 15) is 4.79 Å². The van der Waals surface area contributed by atoms with E-state index in [-0.39, 0.29) is 11.3 Å². The molecule has 1 aliphatic rings. The lowest BCUT2D eigenvalue weighted by Gasteiger charge is -2.33. The van der Waals surface area contributed by atoms with Gasteiger partial charge >= 0.3 is 0 Å². The number of hydrogen-bond acceptors (Lipinski definition) is 3. The number of thiophene rings is 1. The Labute approximate surface area is 124 Å². The average molecular weight is 290 g/mol. The molecule has 0 radical (unpaired) electrons. The first-order chi connectivity index (χ1) is 9.64. The maximum atomic E-state index is 12.3. The summed E-state index contributed by atoms with van der Waals surface area (Å²) < 4.78 is 0. The number of nitrogens with two attached hydrogens (primary N) is 1. The van der Waals surface area contributed by atoms with Gasteiger partial charge in [0.2, 0.25) is 0 Å². The molecule has 0 atom stereocenters. The molecule has 1 saturated carbocycles. The second-order valence-corrected chi connectivity index (χ2v) is 6.64. The molecule has 20 heavy (non-hydrogen) atoms. The highest BCUT2D eigenvalue weighted by Gasteiger charge is 2.27. The first kappa shape index (κ1) is 15.1. The standard InChI is InChI=1S/C16H22N2OS/c1-16(8-3-2-4-9-16)12-18-15(19)14-13(6-5-10-17)7-11-20-14/h7,11H,2-4,8-10,12,17H2,1H3,(H,18,19). The number of carbonyl (C=O) groups is 1. The fraction of sp³-hybridized carbons (Fsp3) is 0.562. The van der Waals surface area contributed by atoms with Crippen LogP contribution in [0.1, 0.15) is 54.3 Å². The summed E-state index contributed by atoms with van der Waals surface area (Å²) in [5.74, 6) is 5.75. The Balaban J connectivity index is 1.96. The highest BCUT2D eigenvalue weighted by Crippen LogP contribution is 2.35. The predicted octanol–water partition coefficient (Wildman–Crippen LogP) is 2.76. The summed E-state index contributed by atoms with van der Waals surface area (Å²) in [6.45, 7) is 3.35. The van der Waals surface area contributed by atoms with Gasteiger partial charge in [-0.05, 0) is 29.7 Å². The number of nitrogens with one attached hydrogen (secondary N) is 1. The number of rotatable bonds is 3. The van der Waals surface area contributed by atoms with Crippen LogP contribution in [-0.4, -0.2) is 19.0 Å². The van der Waals surface area contributed by atoms with Crippen LogP contribution >= 0.6 is 11.3 Å². The van der Waals surface area contributed by atoms with Gasteiger partial charge in [-0.2, -0.15) is 0 Å². The summed E-state index contributed by atoms with van der Waals surface area (Å²) in [7, 11) is 0. The monoisotopic (exact) mass is 290 g/mol. The minimum Gasteiger partial charge on any atom is -0.351 e. The molecule has 108 valence electrons. The van der Waals surface area contributed by atoms with Gasteiger partial charge in [0.25, 0.3) is 5.91 Å². The van der Waals surface area contributed by atoms with Crippen molar-refractivity contribution in [1.82, 2.24) is 5.32 Å². The maximum Gasteiger partial charge on any atom is 0.262 e. The van der Waals surface area contributed by atoms with E-state index in [1.807, 2.05) is 11.4 Å². The minimum absolute atomic E-state index is 0.00637. The second-order valence-electron chi connectivity index (χ2n) is 5.72. The van der Waals surface area contributed by atoms with Gasteiger partial charge in [0, 0.05) is 12.1 Å². The lowest BCUT2D eigenvalue weighted by Crippen LogP contribution is -2.36. The van der Waals surface area contributed by atoms with E-state index in [0.29, 0.717) is 11.4 Å². The van der Waals surface area contributed by atoms with Crippen molar-refractivity contribution in [2.45, 2.75) is 39.0 Å². The van der Waals surface area contributed by atoms with Crippen LogP contribution in [0.2, 0.25) is 0 Å². The molecule has 0 unspecified atom stereocenters. The van der Waals surface area contributed by atoms with Crippen molar-refractivity contribution in [3.8, 4) is 11.8 Å². The summed E-state index contributed by atoms with van der Waals surface area (Å²) in [5.41, 5.74) is 6.42. The van der Waals surface area contributed by atoms with Crippen molar-refractivity contribution >= 4 is 17.2 Å². The molecule has 0 spiro atoms. The zero-order valence-electron chi connectivity index (χ0n) is 12.0. The number of amides is 1. The molecule has 0 saturated heterocycles. The van der Waals surface area contributed by atoms with Gasteiger partial charge in [-0.3, -0.25) is 4.79 Å². The van der Waals surface area contributed by atoms with Crippen molar-refractivity contribution in [2.24, 2.45) is 11.1 Å². The fourth-order valence-corrected chi connectivity index (χ4v) is 3.45. The largest absolute Gasteiger partial charge is 0.351 e. The molecule has 0 bridgehead atoms. The topological polar surface area (TPSA) is 55.1 Å². The van der Waals surface area contributed by atoms with Gasteiger partial charge < -0.3 is 11.1 Å². The summed E-state index contributed by atoms with van der Waals surface area (Å²) in [6.07, 6.45) is 6.29. The predicted molar refractivity (Wildman–Crippen MR) is 83.8 cm³/mol. The zero-order valence-corrected chi connectivity index (χ0v) is 12.8. The Bertz CT molecular complexity index is 518. The van der Waals surface area contributed by atoms with Crippen molar-refractivity contribution in [3.05, 3.63) is 21.9 Å². The van der Waals surface area contributed by atoms with Crippen molar-refractivity contribution in [3.63, 3.8) is 0 Å². The molecule has 1 amide bonds. The molecule has 1 heterocycles. The van der Waals surface area contributed by atoms with Crippen LogP contribution in [0.25, 0.3) is 0 Å². The van der Waals surface area contributed by atoms with Crippen LogP contribution in [0, 0.1) is 17.3 Å². The van der Waals surface area contributed by atoms with Gasteiger partial charge in [0.1, 0.15) is 4.88 Å². The van der Waals surface area contributed by atoms with E-state index < -0.39 is 0 Å². The van der Waals surface area contributed by atoms with Crippen molar-refractivity contribution in [2.75, 3.05) is 13.1 Å². The van der Waals surface area contributed by atoms with Gasteiger partial charge in [-0.15, -0.1) is 11.3 Å². The molecule has 1 fully saturated rings. The molecule has 0 aromatic carbocycles. The molecular formula is C16H22N2OS. The minimum atomic E-state index is -0.00637. The first-order valence-corrected chi connectivity index (χ1v) is 8.07. The SMILES string of the molecule is CC1(CNC(=O)c2sccc2C#CCN)CCCCC1. The molecule has 4 heteroatoms. The lowest BCUT2D eigenvalue weighted by molar-refractivity contribution is 0.0923. The van der Waals surface area contributed by atoms with Crippen molar-refractivity contribution in [1.29, 1.82) is 0 Å². The van der Waals surface area contributed by atoms with Crippen LogP contribution in [0.15, 0.2) is 11.4 Å². The van der Waals surface area contributed by atoms with Gasteiger partial charge in [-0.25, -0.2) is 0 Å². The highest BCUT2D eigenvalue weighted by molar-refractivity contribution is 7.12. The summed E-state index contributed by atoms with van der Waals surface area (Å²) in [6, 6.07) is 1.88. The molecule has 0 aliphatic heterocycles.